The van der Waals surface area contributed by atoms with Gasteiger partial charge in [0.2, 0.25) is 0 Å². The molecule has 7 heteroatoms. The molecule has 2 rings (SSSR count). The van der Waals surface area contributed by atoms with E-state index in [1.165, 1.54) is 7.11 Å². The van der Waals surface area contributed by atoms with Crippen molar-refractivity contribution < 1.29 is 27.8 Å². The van der Waals surface area contributed by atoms with E-state index in [0.29, 0.717) is 30.8 Å². The van der Waals surface area contributed by atoms with Crippen LogP contribution in [0.3, 0.4) is 0 Å². The molecule has 0 saturated heterocycles. The Kier molecular flexibility index (Phi) is 6.91. The maximum atomic E-state index is 13.7. The van der Waals surface area contributed by atoms with E-state index in [0.717, 1.165) is 17.7 Å². The lowest BCUT2D eigenvalue weighted by molar-refractivity contribution is 0.0935. The third-order valence-corrected chi connectivity index (χ3v) is 3.76. The van der Waals surface area contributed by atoms with E-state index in [9.17, 15) is 13.6 Å². The number of hydrogen-bond donors (Lipinski definition) is 1. The number of nitrogens with one attached hydrogen (secondary N) is 1. The number of carbonyl (C=O) groups excluding carboxylic acids is 1. The molecule has 0 aliphatic carbocycles. The summed E-state index contributed by atoms with van der Waals surface area (Å²) in [6.07, 6.45) is 0. The van der Waals surface area contributed by atoms with Gasteiger partial charge in [0.15, 0.2) is 11.5 Å². The summed E-state index contributed by atoms with van der Waals surface area (Å²) < 4.78 is 42.5. The third kappa shape index (κ3) is 4.92. The van der Waals surface area contributed by atoms with Crippen molar-refractivity contribution in [1.29, 1.82) is 0 Å². The van der Waals surface area contributed by atoms with E-state index in [4.69, 9.17) is 14.2 Å². The molecule has 0 unspecified atom stereocenters. The highest BCUT2D eigenvalue weighted by molar-refractivity contribution is 5.94. The van der Waals surface area contributed by atoms with Crippen LogP contribution in [0.2, 0.25) is 0 Å². The molecule has 0 spiro atoms. The maximum absolute atomic E-state index is 13.7. The lowest BCUT2D eigenvalue weighted by Crippen LogP contribution is -2.27. The summed E-state index contributed by atoms with van der Waals surface area (Å²) in [4.78, 5) is 12.2. The Bertz CT molecular complexity index is 767. The van der Waals surface area contributed by atoms with Crippen LogP contribution in [0, 0.1) is 11.6 Å². The Balaban J connectivity index is 2.10. The van der Waals surface area contributed by atoms with Crippen molar-refractivity contribution >= 4 is 5.91 Å². The van der Waals surface area contributed by atoms with Gasteiger partial charge in [-0.3, -0.25) is 4.79 Å². The predicted octanol–water partition coefficient (Wildman–Crippen LogP) is 3.49. The molecule has 26 heavy (non-hydrogen) atoms. The normalized spacial score (nSPS) is 11.7. The van der Waals surface area contributed by atoms with E-state index in [1.807, 2.05) is 0 Å². The van der Waals surface area contributed by atoms with Crippen LogP contribution >= 0.6 is 0 Å². The first-order valence-corrected chi connectivity index (χ1v) is 8.01. The van der Waals surface area contributed by atoms with Gasteiger partial charge in [0.25, 0.3) is 5.91 Å². The second kappa shape index (κ2) is 9.15. The Morgan fingerprint density at radius 1 is 1.08 bits per heavy atom. The third-order valence-electron chi connectivity index (χ3n) is 3.76. The molecule has 0 saturated carbocycles. The van der Waals surface area contributed by atoms with Crippen LogP contribution in [-0.4, -0.2) is 33.3 Å². The lowest BCUT2D eigenvalue weighted by atomic mass is 10.1. The van der Waals surface area contributed by atoms with E-state index >= 15 is 0 Å². The van der Waals surface area contributed by atoms with Gasteiger partial charge in [-0.2, -0.15) is 0 Å². The first-order chi connectivity index (χ1) is 12.5. The molecule has 1 N–H and O–H groups in total. The van der Waals surface area contributed by atoms with Gasteiger partial charge in [0.1, 0.15) is 18.2 Å². The molecule has 0 aliphatic heterocycles. The molecule has 0 heterocycles. The predicted molar refractivity (Wildman–Crippen MR) is 92.6 cm³/mol. The summed E-state index contributed by atoms with van der Waals surface area (Å²) in [5, 5.41) is 2.68. The molecule has 0 aromatic heterocycles. The Morgan fingerprint density at radius 3 is 2.50 bits per heavy atom. The molecule has 2 aromatic rings. The van der Waals surface area contributed by atoms with Crippen molar-refractivity contribution in [3.63, 3.8) is 0 Å². The van der Waals surface area contributed by atoms with Gasteiger partial charge >= 0.3 is 0 Å². The van der Waals surface area contributed by atoms with Gasteiger partial charge in [0.05, 0.1) is 25.3 Å². The molecule has 1 atom stereocenters. The van der Waals surface area contributed by atoms with Gasteiger partial charge in [0, 0.05) is 13.2 Å². The molecule has 5 nitrogen and oxygen atoms in total. The van der Waals surface area contributed by atoms with Crippen LogP contribution in [0.15, 0.2) is 36.4 Å². The van der Waals surface area contributed by atoms with E-state index in [2.05, 4.69) is 5.32 Å². The molecule has 1 amide bonds. The number of rotatable bonds is 8. The fourth-order valence-corrected chi connectivity index (χ4v) is 2.34. The van der Waals surface area contributed by atoms with Gasteiger partial charge in [-0.05, 0) is 36.8 Å². The lowest BCUT2D eigenvalue weighted by Gasteiger charge is -2.17. The quantitative estimate of drug-likeness (QED) is 0.728. The molecule has 140 valence electrons. The van der Waals surface area contributed by atoms with Crippen molar-refractivity contribution in [2.75, 3.05) is 27.4 Å². The monoisotopic (exact) mass is 365 g/mol. The molecular weight excluding hydrogens is 344 g/mol. The van der Waals surface area contributed by atoms with Crippen LogP contribution in [0.1, 0.15) is 28.9 Å². The highest BCUT2D eigenvalue weighted by Gasteiger charge is 2.17. The van der Waals surface area contributed by atoms with Crippen LogP contribution in [0.5, 0.6) is 11.5 Å². The average Bonchev–Trinajstić information content (AvgIpc) is 2.61. The molecule has 2 aromatic carbocycles. The van der Waals surface area contributed by atoms with Crippen molar-refractivity contribution in [3.05, 3.63) is 59.2 Å². The minimum absolute atomic E-state index is 0.218. The highest BCUT2D eigenvalue weighted by Crippen LogP contribution is 2.30. The Labute approximate surface area is 150 Å². The first kappa shape index (κ1) is 19.7. The summed E-state index contributed by atoms with van der Waals surface area (Å²) >= 11 is 0. The van der Waals surface area contributed by atoms with Crippen molar-refractivity contribution in [2.24, 2.45) is 0 Å². The van der Waals surface area contributed by atoms with Crippen LogP contribution < -0.4 is 14.8 Å². The van der Waals surface area contributed by atoms with Crippen molar-refractivity contribution in [2.45, 2.75) is 13.0 Å². The summed E-state index contributed by atoms with van der Waals surface area (Å²) in [5.74, 6) is -1.21. The summed E-state index contributed by atoms with van der Waals surface area (Å²) in [6, 6.07) is 7.64. The largest absolute Gasteiger partial charge is 0.493 e. The van der Waals surface area contributed by atoms with Crippen molar-refractivity contribution in [1.82, 2.24) is 5.32 Å². The molecule has 0 bridgehead atoms. The molecular formula is C19H21F2NO4. The standard InChI is InChI=1S/C19H21F2NO4/c1-12(22-19(23)15-6-5-14(20)11-16(15)21)13-4-7-17(18(10-13)25-3)26-9-8-24-2/h4-7,10-12H,8-9H2,1-3H3,(H,22,23)/t12-/m1/s1. The summed E-state index contributed by atoms with van der Waals surface area (Å²) in [7, 11) is 3.09. The number of carbonyl (C=O) groups is 1. The fraction of sp³-hybridized carbons (Fsp3) is 0.316. The number of halogens is 2. The second-order valence-corrected chi connectivity index (χ2v) is 5.57. The average molecular weight is 365 g/mol. The fourth-order valence-electron chi connectivity index (χ4n) is 2.34. The summed E-state index contributed by atoms with van der Waals surface area (Å²) in [6.45, 7) is 2.57. The number of ether oxygens (including phenoxy) is 3. The number of hydrogen-bond acceptors (Lipinski definition) is 4. The molecule has 0 radical (unpaired) electrons. The number of methoxy groups -OCH3 is 2. The highest BCUT2D eigenvalue weighted by atomic mass is 19.1. The van der Waals surface area contributed by atoms with Gasteiger partial charge in [-0.15, -0.1) is 0 Å². The smallest absolute Gasteiger partial charge is 0.254 e. The van der Waals surface area contributed by atoms with E-state index < -0.39 is 23.6 Å². The van der Waals surface area contributed by atoms with Gasteiger partial charge in [-0.1, -0.05) is 6.07 Å². The molecule has 0 fully saturated rings. The zero-order valence-electron chi connectivity index (χ0n) is 14.8. The summed E-state index contributed by atoms with van der Waals surface area (Å²) in [5.41, 5.74) is 0.529. The second-order valence-electron chi connectivity index (χ2n) is 5.57. The van der Waals surface area contributed by atoms with Gasteiger partial charge in [-0.25, -0.2) is 8.78 Å². The van der Waals surface area contributed by atoms with Crippen LogP contribution in [0.4, 0.5) is 8.78 Å². The van der Waals surface area contributed by atoms with E-state index in [-0.39, 0.29) is 5.56 Å². The Hall–Kier alpha value is -2.67. The van der Waals surface area contributed by atoms with Crippen molar-refractivity contribution in [3.8, 4) is 11.5 Å². The van der Waals surface area contributed by atoms with Crippen LogP contribution in [-0.2, 0) is 4.74 Å². The first-order valence-electron chi connectivity index (χ1n) is 8.01. The van der Waals surface area contributed by atoms with E-state index in [1.54, 1.807) is 32.2 Å². The molecule has 0 aliphatic rings. The zero-order chi connectivity index (χ0) is 19.1. The van der Waals surface area contributed by atoms with Crippen LogP contribution in [0.25, 0.3) is 0 Å². The zero-order valence-corrected chi connectivity index (χ0v) is 14.8. The maximum Gasteiger partial charge on any atom is 0.254 e. The van der Waals surface area contributed by atoms with Gasteiger partial charge < -0.3 is 19.5 Å². The SMILES string of the molecule is COCCOc1ccc([C@@H](C)NC(=O)c2ccc(F)cc2F)cc1OC. The Morgan fingerprint density at radius 2 is 1.85 bits per heavy atom. The minimum Gasteiger partial charge on any atom is -0.493 e. The number of benzene rings is 2. The topological polar surface area (TPSA) is 56.8 Å². The number of amides is 1. The minimum atomic E-state index is -0.908.